The fraction of sp³-hybridized carbons (Fsp3) is 0.182. The third kappa shape index (κ3) is 3.48. The summed E-state index contributed by atoms with van der Waals surface area (Å²) in [5.74, 6) is 0. The molecule has 1 aliphatic heterocycles. The van der Waals surface area contributed by atoms with Gasteiger partial charge < -0.3 is 5.32 Å². The van der Waals surface area contributed by atoms with Crippen molar-refractivity contribution in [1.82, 2.24) is 0 Å². The van der Waals surface area contributed by atoms with E-state index in [-0.39, 0.29) is 17.0 Å². The molecular formula is C22H21ClN2O2S. The average molecular weight is 413 g/mol. The van der Waals surface area contributed by atoms with Crippen molar-refractivity contribution in [2.75, 3.05) is 9.62 Å². The topological polar surface area (TPSA) is 49.4 Å². The van der Waals surface area contributed by atoms with Gasteiger partial charge in [-0.25, -0.2) is 8.42 Å². The first-order valence-corrected chi connectivity index (χ1v) is 11.0. The summed E-state index contributed by atoms with van der Waals surface area (Å²) >= 11 is 5.94. The smallest absolute Gasteiger partial charge is 0.264 e. The summed E-state index contributed by atoms with van der Waals surface area (Å²) in [5.41, 5.74) is 2.70. The maximum Gasteiger partial charge on any atom is 0.264 e. The first kappa shape index (κ1) is 18.8. The fourth-order valence-corrected chi connectivity index (χ4v) is 5.56. The zero-order valence-electron chi connectivity index (χ0n) is 15.4. The zero-order chi connectivity index (χ0) is 19.7. The van der Waals surface area contributed by atoms with E-state index in [1.807, 2.05) is 61.5 Å². The van der Waals surface area contributed by atoms with Gasteiger partial charge in [-0.3, -0.25) is 4.31 Å². The minimum absolute atomic E-state index is 0.0327. The molecule has 3 aromatic carbocycles. The van der Waals surface area contributed by atoms with Gasteiger partial charge in [-0.2, -0.15) is 0 Å². The second kappa shape index (κ2) is 7.49. The largest absolute Gasteiger partial charge is 0.378 e. The summed E-state index contributed by atoms with van der Waals surface area (Å²) in [6.45, 7) is 1.95. The van der Waals surface area contributed by atoms with E-state index in [4.69, 9.17) is 11.6 Å². The van der Waals surface area contributed by atoms with Crippen LogP contribution in [0.4, 0.5) is 11.4 Å². The lowest BCUT2D eigenvalue weighted by Crippen LogP contribution is -2.44. The maximum atomic E-state index is 13.4. The van der Waals surface area contributed by atoms with Crippen LogP contribution in [0, 0.1) is 0 Å². The van der Waals surface area contributed by atoms with Crippen LogP contribution < -0.4 is 9.62 Å². The number of rotatable bonds is 4. The highest BCUT2D eigenvalue weighted by Gasteiger charge is 2.37. The number of fused-ring (bicyclic) bond motifs is 1. The van der Waals surface area contributed by atoms with Crippen LogP contribution in [0.5, 0.6) is 0 Å². The predicted octanol–water partition coefficient (Wildman–Crippen LogP) is 5.48. The minimum atomic E-state index is -3.69. The van der Waals surface area contributed by atoms with Crippen LogP contribution in [0.1, 0.15) is 24.9 Å². The van der Waals surface area contributed by atoms with Crippen molar-refractivity contribution in [3.63, 3.8) is 0 Å². The van der Waals surface area contributed by atoms with Gasteiger partial charge in [0.2, 0.25) is 0 Å². The molecule has 2 atom stereocenters. The Bertz CT molecular complexity index is 1070. The average Bonchev–Trinajstić information content (AvgIpc) is 2.69. The van der Waals surface area contributed by atoms with E-state index in [1.165, 1.54) is 4.31 Å². The summed E-state index contributed by atoms with van der Waals surface area (Å²) < 4.78 is 28.3. The molecule has 0 aliphatic carbocycles. The first-order valence-electron chi connectivity index (χ1n) is 9.17. The van der Waals surface area contributed by atoms with Crippen LogP contribution in [0.2, 0.25) is 5.02 Å². The molecular weight excluding hydrogens is 392 g/mol. The number of anilines is 2. The molecule has 0 spiro atoms. The van der Waals surface area contributed by atoms with Crippen LogP contribution in [-0.2, 0) is 10.0 Å². The van der Waals surface area contributed by atoms with Crippen molar-refractivity contribution in [3.05, 3.63) is 89.4 Å². The second-order valence-corrected chi connectivity index (χ2v) is 9.21. The number of halogens is 1. The molecule has 0 amide bonds. The van der Waals surface area contributed by atoms with E-state index in [0.717, 1.165) is 11.3 Å². The van der Waals surface area contributed by atoms with Gasteiger partial charge in [-0.15, -0.1) is 0 Å². The van der Waals surface area contributed by atoms with Crippen LogP contribution in [0.15, 0.2) is 83.8 Å². The molecule has 0 unspecified atom stereocenters. The van der Waals surface area contributed by atoms with Gasteiger partial charge in [-0.05, 0) is 61.4 Å². The third-order valence-electron chi connectivity index (χ3n) is 5.01. The normalized spacial score (nSPS) is 19.1. The highest BCUT2D eigenvalue weighted by molar-refractivity contribution is 7.92. The standard InChI is InChI=1S/C22H21ClN2O2S/c1-16-15-21(24-18-7-3-2-4-8-18)20-9-5-6-10-22(20)25(16)28(26,27)19-13-11-17(23)12-14-19/h2-14,16,21,24H,15H2,1H3/t16-,21+/m0/s1. The van der Waals surface area contributed by atoms with E-state index >= 15 is 0 Å². The number of nitrogens with zero attached hydrogens (tertiary/aromatic N) is 1. The Morgan fingerprint density at radius 3 is 2.29 bits per heavy atom. The second-order valence-electron chi connectivity index (χ2n) is 6.96. The van der Waals surface area contributed by atoms with Gasteiger partial charge in [0.05, 0.1) is 16.6 Å². The van der Waals surface area contributed by atoms with Crippen LogP contribution in [0.3, 0.4) is 0 Å². The van der Waals surface area contributed by atoms with Gasteiger partial charge in [0.15, 0.2) is 0 Å². The summed E-state index contributed by atoms with van der Waals surface area (Å²) in [4.78, 5) is 0.244. The zero-order valence-corrected chi connectivity index (χ0v) is 17.0. The quantitative estimate of drug-likeness (QED) is 0.617. The number of nitrogens with one attached hydrogen (secondary N) is 1. The Morgan fingerprint density at radius 2 is 1.57 bits per heavy atom. The van der Waals surface area contributed by atoms with Gasteiger partial charge in [-0.1, -0.05) is 48.0 Å². The monoisotopic (exact) mass is 412 g/mol. The van der Waals surface area contributed by atoms with E-state index in [1.54, 1.807) is 24.3 Å². The van der Waals surface area contributed by atoms with Crippen molar-refractivity contribution in [3.8, 4) is 0 Å². The van der Waals surface area contributed by atoms with Crippen LogP contribution in [0.25, 0.3) is 0 Å². The SMILES string of the molecule is C[C@H]1C[C@@H](Nc2ccccc2)c2ccccc2N1S(=O)(=O)c1ccc(Cl)cc1. The summed E-state index contributed by atoms with van der Waals surface area (Å²) in [6, 6.07) is 23.8. The molecule has 0 radical (unpaired) electrons. The molecule has 28 heavy (non-hydrogen) atoms. The molecule has 0 aromatic heterocycles. The van der Waals surface area contributed by atoms with Gasteiger partial charge >= 0.3 is 0 Å². The van der Waals surface area contributed by atoms with Crippen molar-refractivity contribution in [2.45, 2.75) is 30.3 Å². The molecule has 0 saturated carbocycles. The van der Waals surface area contributed by atoms with E-state index < -0.39 is 10.0 Å². The Hall–Kier alpha value is -2.50. The molecule has 144 valence electrons. The lowest BCUT2D eigenvalue weighted by Gasteiger charge is -2.40. The Kier molecular flexibility index (Phi) is 5.04. The number of benzene rings is 3. The molecule has 6 heteroatoms. The van der Waals surface area contributed by atoms with Crippen LogP contribution in [-0.4, -0.2) is 14.5 Å². The highest BCUT2D eigenvalue weighted by atomic mass is 35.5. The lowest BCUT2D eigenvalue weighted by molar-refractivity contribution is 0.537. The lowest BCUT2D eigenvalue weighted by atomic mass is 9.93. The van der Waals surface area contributed by atoms with Gasteiger partial charge in [0, 0.05) is 16.8 Å². The summed E-state index contributed by atoms with van der Waals surface area (Å²) in [7, 11) is -3.69. The Morgan fingerprint density at radius 1 is 0.929 bits per heavy atom. The number of sulfonamides is 1. The fourth-order valence-electron chi connectivity index (χ4n) is 3.74. The predicted molar refractivity (Wildman–Crippen MR) is 114 cm³/mol. The molecule has 4 nitrogen and oxygen atoms in total. The van der Waals surface area contributed by atoms with Crippen molar-refractivity contribution in [2.24, 2.45) is 0 Å². The van der Waals surface area contributed by atoms with Gasteiger partial charge in [0.1, 0.15) is 0 Å². The minimum Gasteiger partial charge on any atom is -0.378 e. The molecule has 0 saturated heterocycles. The van der Waals surface area contributed by atoms with Crippen molar-refractivity contribution >= 4 is 33.0 Å². The highest BCUT2D eigenvalue weighted by Crippen LogP contribution is 2.41. The third-order valence-corrected chi connectivity index (χ3v) is 7.21. The molecule has 0 fully saturated rings. The number of para-hydroxylation sites is 2. The number of hydrogen-bond acceptors (Lipinski definition) is 3. The number of hydrogen-bond donors (Lipinski definition) is 1. The molecule has 0 bridgehead atoms. The maximum absolute atomic E-state index is 13.4. The van der Waals surface area contributed by atoms with E-state index in [0.29, 0.717) is 17.1 Å². The van der Waals surface area contributed by atoms with E-state index in [2.05, 4.69) is 5.32 Å². The van der Waals surface area contributed by atoms with E-state index in [9.17, 15) is 8.42 Å². The Labute approximate surface area is 170 Å². The molecule has 1 N–H and O–H groups in total. The summed E-state index contributed by atoms with van der Waals surface area (Å²) in [5, 5.41) is 4.06. The van der Waals surface area contributed by atoms with Gasteiger partial charge in [0.25, 0.3) is 10.0 Å². The molecule has 1 heterocycles. The summed E-state index contributed by atoms with van der Waals surface area (Å²) in [6.07, 6.45) is 0.665. The van der Waals surface area contributed by atoms with Crippen LogP contribution >= 0.6 is 11.6 Å². The molecule has 1 aliphatic rings. The van der Waals surface area contributed by atoms with Crippen molar-refractivity contribution < 1.29 is 8.42 Å². The molecule has 3 aromatic rings. The Balaban J connectivity index is 1.75. The van der Waals surface area contributed by atoms with Crippen molar-refractivity contribution in [1.29, 1.82) is 0 Å². The molecule has 4 rings (SSSR count). The first-order chi connectivity index (χ1) is 13.5.